The molecule has 1 aromatic heterocycles. The zero-order valence-corrected chi connectivity index (χ0v) is 11.4. The van der Waals surface area contributed by atoms with Crippen molar-refractivity contribution >= 4 is 17.4 Å². The van der Waals surface area contributed by atoms with Crippen LogP contribution < -0.4 is 5.73 Å². The van der Waals surface area contributed by atoms with E-state index in [1.807, 2.05) is 13.8 Å². The summed E-state index contributed by atoms with van der Waals surface area (Å²) < 4.78 is 6.99. The van der Waals surface area contributed by atoms with Crippen molar-refractivity contribution in [1.82, 2.24) is 9.78 Å². The number of Topliss-reactive ketones (excluding diaryl/α,β-unsaturated/α-hetero) is 1. The number of hydrogen-bond donors (Lipinski definition) is 1. The third-order valence-electron chi connectivity index (χ3n) is 3.33. The highest BCUT2D eigenvalue weighted by Crippen LogP contribution is 2.23. The number of ketones is 1. The molecule has 0 radical (unpaired) electrons. The van der Waals surface area contributed by atoms with Crippen LogP contribution in [0, 0.1) is 12.8 Å². The summed E-state index contributed by atoms with van der Waals surface area (Å²) in [4.78, 5) is 12.2. The first-order valence-corrected chi connectivity index (χ1v) is 6.50. The molecule has 1 aliphatic rings. The molecule has 0 aliphatic carbocycles. The molecule has 1 aliphatic heterocycles. The van der Waals surface area contributed by atoms with Crippen LogP contribution in [0.15, 0.2) is 0 Å². The van der Waals surface area contributed by atoms with E-state index in [1.54, 1.807) is 4.68 Å². The Morgan fingerprint density at radius 1 is 1.61 bits per heavy atom. The Hall–Kier alpha value is -0.910. The number of aromatic nitrogens is 2. The molecule has 2 atom stereocenters. The van der Waals surface area contributed by atoms with Gasteiger partial charge in [0.1, 0.15) is 5.78 Å². The van der Waals surface area contributed by atoms with Crippen LogP contribution in [0.4, 0.5) is 0 Å². The molecule has 2 rings (SSSR count). The molecule has 1 aromatic rings. The molecule has 1 fully saturated rings. The zero-order valence-electron chi connectivity index (χ0n) is 10.6. The fourth-order valence-corrected chi connectivity index (χ4v) is 2.44. The molecule has 2 N–H and O–H groups in total. The van der Waals surface area contributed by atoms with Gasteiger partial charge in [0.05, 0.1) is 42.0 Å². The molecule has 0 aromatic carbocycles. The van der Waals surface area contributed by atoms with Gasteiger partial charge in [-0.15, -0.1) is 0 Å². The van der Waals surface area contributed by atoms with Gasteiger partial charge in [-0.25, -0.2) is 0 Å². The van der Waals surface area contributed by atoms with Gasteiger partial charge >= 0.3 is 0 Å². The van der Waals surface area contributed by atoms with E-state index in [9.17, 15) is 4.79 Å². The molecule has 1 saturated heterocycles. The fraction of sp³-hybridized carbons (Fsp3) is 0.667. The lowest BCUT2D eigenvalue weighted by Crippen LogP contribution is -2.35. The number of nitrogens with zero attached hydrogens (tertiary/aromatic N) is 2. The highest BCUT2D eigenvalue weighted by Gasteiger charge is 2.32. The minimum absolute atomic E-state index is 0.0801. The molecule has 0 bridgehead atoms. The monoisotopic (exact) mass is 271 g/mol. The Labute approximate surface area is 111 Å². The van der Waals surface area contributed by atoms with Gasteiger partial charge in [0, 0.05) is 12.6 Å². The first-order valence-electron chi connectivity index (χ1n) is 6.12. The molecule has 0 amide bonds. The Morgan fingerprint density at radius 2 is 2.33 bits per heavy atom. The lowest BCUT2D eigenvalue weighted by Gasteiger charge is -2.12. The summed E-state index contributed by atoms with van der Waals surface area (Å²) in [7, 11) is 0. The summed E-state index contributed by atoms with van der Waals surface area (Å²) in [6.45, 7) is 5.38. The molecule has 2 unspecified atom stereocenters. The summed E-state index contributed by atoms with van der Waals surface area (Å²) in [6, 6.07) is -0.199. The molecule has 0 spiro atoms. The molecule has 0 saturated carbocycles. The topological polar surface area (TPSA) is 70.1 Å². The van der Waals surface area contributed by atoms with Crippen molar-refractivity contribution < 1.29 is 9.53 Å². The zero-order chi connectivity index (χ0) is 13.3. The second kappa shape index (κ2) is 5.38. The van der Waals surface area contributed by atoms with Crippen molar-refractivity contribution in [2.45, 2.75) is 32.9 Å². The molecule has 6 heteroatoms. The van der Waals surface area contributed by atoms with Gasteiger partial charge in [0.25, 0.3) is 0 Å². The van der Waals surface area contributed by atoms with E-state index in [0.717, 1.165) is 11.4 Å². The maximum absolute atomic E-state index is 12.2. The number of halogens is 1. The van der Waals surface area contributed by atoms with Gasteiger partial charge in [-0.2, -0.15) is 5.10 Å². The van der Waals surface area contributed by atoms with Gasteiger partial charge in [-0.3, -0.25) is 9.48 Å². The van der Waals surface area contributed by atoms with E-state index in [4.69, 9.17) is 22.1 Å². The van der Waals surface area contributed by atoms with Gasteiger partial charge in [0.15, 0.2) is 0 Å². The number of ether oxygens (including phenoxy) is 1. The molecule has 2 heterocycles. The molecular weight excluding hydrogens is 254 g/mol. The first kappa shape index (κ1) is 13.5. The van der Waals surface area contributed by atoms with Crippen LogP contribution in [0.3, 0.4) is 0 Å². The van der Waals surface area contributed by atoms with Crippen molar-refractivity contribution in [3.63, 3.8) is 0 Å². The number of rotatable bonds is 4. The van der Waals surface area contributed by atoms with Crippen LogP contribution in [0.5, 0.6) is 0 Å². The quantitative estimate of drug-likeness (QED) is 0.885. The van der Waals surface area contributed by atoms with Gasteiger partial charge in [-0.1, -0.05) is 11.6 Å². The smallest absolute Gasteiger partial charge is 0.145 e. The third kappa shape index (κ3) is 2.43. The molecular formula is C12H18ClN3O2. The lowest BCUT2D eigenvalue weighted by atomic mass is 9.96. The number of hydrogen-bond acceptors (Lipinski definition) is 4. The van der Waals surface area contributed by atoms with Crippen LogP contribution in [-0.4, -0.2) is 34.8 Å². The Balaban J connectivity index is 2.16. The molecule has 18 heavy (non-hydrogen) atoms. The Bertz CT molecular complexity index is 458. The SMILES string of the molecule is CCn1nc(C)c(Cl)c1CC(=O)C1COCC1N. The van der Waals surface area contributed by atoms with Crippen LogP contribution in [0.25, 0.3) is 0 Å². The van der Waals surface area contributed by atoms with E-state index >= 15 is 0 Å². The first-order chi connectivity index (χ1) is 8.54. The summed E-state index contributed by atoms with van der Waals surface area (Å²) in [5.74, 6) is -0.141. The summed E-state index contributed by atoms with van der Waals surface area (Å²) in [6.07, 6.45) is 0.273. The summed E-state index contributed by atoms with van der Waals surface area (Å²) in [5, 5.41) is 4.88. The van der Waals surface area contributed by atoms with E-state index in [0.29, 0.717) is 24.8 Å². The van der Waals surface area contributed by atoms with Crippen molar-refractivity contribution in [2.75, 3.05) is 13.2 Å². The second-order valence-electron chi connectivity index (χ2n) is 4.61. The average Bonchev–Trinajstić information content (AvgIpc) is 2.87. The number of aryl methyl sites for hydroxylation is 2. The number of nitrogens with two attached hydrogens (primary N) is 1. The van der Waals surface area contributed by atoms with Crippen LogP contribution in [0.2, 0.25) is 5.02 Å². The third-order valence-corrected chi connectivity index (χ3v) is 3.82. The van der Waals surface area contributed by atoms with Gasteiger partial charge in [-0.05, 0) is 13.8 Å². The maximum Gasteiger partial charge on any atom is 0.145 e. The van der Waals surface area contributed by atoms with Crippen molar-refractivity contribution in [1.29, 1.82) is 0 Å². The largest absolute Gasteiger partial charge is 0.379 e. The average molecular weight is 272 g/mol. The predicted octanol–water partition coefficient (Wildman–Crippen LogP) is 0.950. The minimum Gasteiger partial charge on any atom is -0.379 e. The Morgan fingerprint density at radius 3 is 2.89 bits per heavy atom. The standard InChI is InChI=1S/C12H18ClN3O2/c1-3-16-10(12(13)7(2)15-16)4-11(17)8-5-18-6-9(8)14/h8-9H,3-6,14H2,1-2H3. The van der Waals surface area contributed by atoms with Gasteiger partial charge in [0.2, 0.25) is 0 Å². The minimum atomic E-state index is -0.221. The fourth-order valence-electron chi connectivity index (χ4n) is 2.24. The molecule has 100 valence electrons. The van der Waals surface area contributed by atoms with Gasteiger partial charge < -0.3 is 10.5 Å². The van der Waals surface area contributed by atoms with E-state index in [-0.39, 0.29) is 24.2 Å². The lowest BCUT2D eigenvalue weighted by molar-refractivity contribution is -0.122. The Kier molecular flexibility index (Phi) is 4.04. The van der Waals surface area contributed by atoms with Crippen molar-refractivity contribution in [3.05, 3.63) is 16.4 Å². The van der Waals surface area contributed by atoms with Crippen LogP contribution in [0.1, 0.15) is 18.3 Å². The second-order valence-corrected chi connectivity index (χ2v) is 4.99. The van der Waals surface area contributed by atoms with E-state index < -0.39 is 0 Å². The number of carbonyl (C=O) groups is 1. The van der Waals surface area contributed by atoms with Crippen LogP contribution in [-0.2, 0) is 22.5 Å². The maximum atomic E-state index is 12.2. The predicted molar refractivity (Wildman–Crippen MR) is 68.6 cm³/mol. The normalized spacial score (nSPS) is 23.6. The van der Waals surface area contributed by atoms with Crippen molar-refractivity contribution in [3.8, 4) is 0 Å². The summed E-state index contributed by atoms with van der Waals surface area (Å²) in [5.41, 5.74) is 7.38. The van der Waals surface area contributed by atoms with Crippen LogP contribution >= 0.6 is 11.6 Å². The van der Waals surface area contributed by atoms with Crippen molar-refractivity contribution in [2.24, 2.45) is 11.7 Å². The van der Waals surface area contributed by atoms with E-state index in [1.165, 1.54) is 0 Å². The van der Waals surface area contributed by atoms with E-state index in [2.05, 4.69) is 5.10 Å². The highest BCUT2D eigenvalue weighted by atomic mass is 35.5. The summed E-state index contributed by atoms with van der Waals surface area (Å²) >= 11 is 6.18. The molecule has 5 nitrogen and oxygen atoms in total. The number of carbonyl (C=O) groups excluding carboxylic acids is 1. The highest BCUT2D eigenvalue weighted by molar-refractivity contribution is 6.32.